The van der Waals surface area contributed by atoms with E-state index in [1.54, 1.807) is 0 Å². The van der Waals surface area contributed by atoms with Gasteiger partial charge in [0.2, 0.25) is 5.91 Å². The Morgan fingerprint density at radius 1 is 1.25 bits per heavy atom. The fourth-order valence-corrected chi connectivity index (χ4v) is 4.12. The molecule has 2 fully saturated rings. The molecule has 1 aliphatic carbocycles. The fraction of sp³-hybridized carbons (Fsp3) is 0.941. The number of amides is 1. The second kappa shape index (κ2) is 6.93. The van der Waals surface area contributed by atoms with Gasteiger partial charge in [-0.05, 0) is 32.1 Å². The van der Waals surface area contributed by atoms with Crippen LogP contribution in [0.15, 0.2) is 0 Å². The number of likely N-dealkylation sites (tertiary alicyclic amines) is 1. The number of carbonyl (C=O) groups is 1. The lowest BCUT2D eigenvalue weighted by Crippen LogP contribution is -2.55. The summed E-state index contributed by atoms with van der Waals surface area (Å²) in [5, 5.41) is 10.7. The molecular weight excluding hydrogens is 250 g/mol. The van der Waals surface area contributed by atoms with Gasteiger partial charge in [0.15, 0.2) is 0 Å². The van der Waals surface area contributed by atoms with E-state index < -0.39 is 5.60 Å². The first-order valence-electron chi connectivity index (χ1n) is 8.62. The Hall–Kier alpha value is -0.570. The molecule has 1 amide bonds. The second-order valence-corrected chi connectivity index (χ2v) is 6.85. The Labute approximate surface area is 123 Å². The smallest absolute Gasteiger partial charge is 0.225 e. The van der Waals surface area contributed by atoms with Crippen LogP contribution in [0.1, 0.15) is 71.6 Å². The zero-order chi connectivity index (χ0) is 14.6. The molecule has 1 saturated heterocycles. The SMILES string of the molecule is CCCC(CCC)C(=O)N1CCC2(O)CCCCC2C1. The number of aliphatic hydroxyl groups is 1. The van der Waals surface area contributed by atoms with Crippen LogP contribution in [0.5, 0.6) is 0 Å². The Balaban J connectivity index is 1.97. The van der Waals surface area contributed by atoms with E-state index >= 15 is 0 Å². The molecule has 0 bridgehead atoms. The number of hydrogen-bond acceptors (Lipinski definition) is 2. The highest BCUT2D eigenvalue weighted by atomic mass is 16.3. The first kappa shape index (κ1) is 15.8. The fourth-order valence-electron chi connectivity index (χ4n) is 4.12. The number of fused-ring (bicyclic) bond motifs is 1. The number of carbonyl (C=O) groups excluding carboxylic acids is 1. The third-order valence-corrected chi connectivity index (χ3v) is 5.36. The Morgan fingerprint density at radius 3 is 2.60 bits per heavy atom. The quantitative estimate of drug-likeness (QED) is 0.839. The maximum Gasteiger partial charge on any atom is 0.225 e. The number of piperidine rings is 1. The third kappa shape index (κ3) is 3.36. The van der Waals surface area contributed by atoms with Crippen molar-refractivity contribution < 1.29 is 9.90 Å². The predicted octanol–water partition coefficient (Wildman–Crippen LogP) is 3.36. The maximum absolute atomic E-state index is 12.7. The molecule has 0 spiro atoms. The number of hydrogen-bond donors (Lipinski definition) is 1. The molecule has 1 heterocycles. The van der Waals surface area contributed by atoms with E-state index in [-0.39, 0.29) is 5.92 Å². The van der Waals surface area contributed by atoms with E-state index in [1.807, 2.05) is 0 Å². The summed E-state index contributed by atoms with van der Waals surface area (Å²) in [4.78, 5) is 14.8. The van der Waals surface area contributed by atoms with Gasteiger partial charge < -0.3 is 10.0 Å². The van der Waals surface area contributed by atoms with Crippen molar-refractivity contribution in [3.05, 3.63) is 0 Å². The zero-order valence-corrected chi connectivity index (χ0v) is 13.2. The van der Waals surface area contributed by atoms with Crippen LogP contribution in [0.4, 0.5) is 0 Å². The normalized spacial score (nSPS) is 30.4. The molecule has 0 aromatic rings. The van der Waals surface area contributed by atoms with Gasteiger partial charge in [-0.15, -0.1) is 0 Å². The van der Waals surface area contributed by atoms with E-state index in [0.717, 1.165) is 64.5 Å². The Kier molecular flexibility index (Phi) is 5.48. The minimum Gasteiger partial charge on any atom is -0.389 e. The van der Waals surface area contributed by atoms with Gasteiger partial charge in [-0.2, -0.15) is 0 Å². The predicted molar refractivity (Wildman–Crippen MR) is 81.4 cm³/mol. The van der Waals surface area contributed by atoms with Crippen LogP contribution < -0.4 is 0 Å². The highest BCUT2D eigenvalue weighted by Gasteiger charge is 2.44. The van der Waals surface area contributed by atoms with Crippen LogP contribution in [-0.2, 0) is 4.79 Å². The number of nitrogens with zero attached hydrogens (tertiary/aromatic N) is 1. The van der Waals surface area contributed by atoms with Crippen molar-refractivity contribution in [2.45, 2.75) is 77.2 Å². The Morgan fingerprint density at radius 2 is 1.95 bits per heavy atom. The molecule has 20 heavy (non-hydrogen) atoms. The maximum atomic E-state index is 12.7. The van der Waals surface area contributed by atoms with Gasteiger partial charge in [-0.1, -0.05) is 39.5 Å². The summed E-state index contributed by atoms with van der Waals surface area (Å²) in [6.45, 7) is 5.87. The van der Waals surface area contributed by atoms with Crippen molar-refractivity contribution in [1.82, 2.24) is 4.90 Å². The van der Waals surface area contributed by atoms with E-state index in [1.165, 1.54) is 6.42 Å². The van der Waals surface area contributed by atoms with Gasteiger partial charge in [0.1, 0.15) is 0 Å². The molecule has 2 unspecified atom stereocenters. The summed E-state index contributed by atoms with van der Waals surface area (Å²) in [5.41, 5.74) is -0.472. The molecule has 0 radical (unpaired) electrons. The second-order valence-electron chi connectivity index (χ2n) is 6.85. The van der Waals surface area contributed by atoms with Crippen molar-refractivity contribution in [1.29, 1.82) is 0 Å². The summed E-state index contributed by atoms with van der Waals surface area (Å²) >= 11 is 0. The average molecular weight is 281 g/mol. The van der Waals surface area contributed by atoms with Crippen LogP contribution in [0.3, 0.4) is 0 Å². The van der Waals surface area contributed by atoms with Gasteiger partial charge >= 0.3 is 0 Å². The highest BCUT2D eigenvalue weighted by Crippen LogP contribution is 2.40. The third-order valence-electron chi connectivity index (χ3n) is 5.36. The summed E-state index contributed by atoms with van der Waals surface area (Å²) in [7, 11) is 0. The molecule has 1 N–H and O–H groups in total. The lowest BCUT2D eigenvalue weighted by atomic mass is 9.71. The number of rotatable bonds is 5. The van der Waals surface area contributed by atoms with Crippen molar-refractivity contribution in [3.63, 3.8) is 0 Å². The lowest BCUT2D eigenvalue weighted by Gasteiger charge is -2.48. The average Bonchev–Trinajstić information content (AvgIpc) is 2.45. The molecular formula is C17H31NO2. The van der Waals surface area contributed by atoms with Crippen LogP contribution in [0.2, 0.25) is 0 Å². The molecule has 0 aromatic carbocycles. The summed E-state index contributed by atoms with van der Waals surface area (Å²) in [6, 6.07) is 0. The minimum atomic E-state index is -0.472. The van der Waals surface area contributed by atoms with Gasteiger partial charge in [-0.25, -0.2) is 0 Å². The van der Waals surface area contributed by atoms with Gasteiger partial charge in [-0.3, -0.25) is 4.79 Å². The van der Waals surface area contributed by atoms with E-state index in [2.05, 4.69) is 18.7 Å². The zero-order valence-electron chi connectivity index (χ0n) is 13.2. The van der Waals surface area contributed by atoms with Crippen LogP contribution >= 0.6 is 0 Å². The summed E-state index contributed by atoms with van der Waals surface area (Å²) in [6.07, 6.45) is 9.36. The molecule has 2 aliphatic rings. The molecule has 3 heteroatoms. The topological polar surface area (TPSA) is 40.5 Å². The van der Waals surface area contributed by atoms with Crippen LogP contribution in [-0.4, -0.2) is 34.6 Å². The first-order chi connectivity index (χ1) is 9.60. The lowest BCUT2D eigenvalue weighted by molar-refractivity contribution is -0.147. The molecule has 2 atom stereocenters. The van der Waals surface area contributed by atoms with E-state index in [9.17, 15) is 9.90 Å². The van der Waals surface area contributed by atoms with Crippen molar-refractivity contribution in [2.24, 2.45) is 11.8 Å². The van der Waals surface area contributed by atoms with Gasteiger partial charge in [0.05, 0.1) is 5.60 Å². The van der Waals surface area contributed by atoms with Crippen LogP contribution in [0.25, 0.3) is 0 Å². The largest absolute Gasteiger partial charge is 0.389 e. The van der Waals surface area contributed by atoms with E-state index in [4.69, 9.17) is 0 Å². The molecule has 2 rings (SSSR count). The minimum absolute atomic E-state index is 0.208. The van der Waals surface area contributed by atoms with E-state index in [0.29, 0.717) is 11.8 Å². The van der Waals surface area contributed by atoms with Crippen molar-refractivity contribution in [3.8, 4) is 0 Å². The molecule has 0 aromatic heterocycles. The van der Waals surface area contributed by atoms with Gasteiger partial charge in [0, 0.05) is 24.9 Å². The Bertz CT molecular complexity index is 325. The molecule has 1 saturated carbocycles. The van der Waals surface area contributed by atoms with Crippen molar-refractivity contribution in [2.75, 3.05) is 13.1 Å². The molecule has 3 nitrogen and oxygen atoms in total. The van der Waals surface area contributed by atoms with Crippen molar-refractivity contribution >= 4 is 5.91 Å². The summed E-state index contributed by atoms with van der Waals surface area (Å²) in [5.74, 6) is 0.874. The molecule has 1 aliphatic heterocycles. The summed E-state index contributed by atoms with van der Waals surface area (Å²) < 4.78 is 0. The molecule has 116 valence electrons. The standard InChI is InChI=1S/C17H31NO2/c1-3-7-14(8-4-2)16(19)18-12-11-17(20)10-6-5-9-15(17)13-18/h14-15,20H,3-13H2,1-2H3. The monoisotopic (exact) mass is 281 g/mol. The van der Waals surface area contributed by atoms with Gasteiger partial charge in [0.25, 0.3) is 0 Å². The highest BCUT2D eigenvalue weighted by molar-refractivity contribution is 5.79. The first-order valence-corrected chi connectivity index (χ1v) is 8.62. The van der Waals surface area contributed by atoms with Crippen LogP contribution in [0, 0.1) is 11.8 Å².